The molecule has 2 aromatic carbocycles. The van der Waals surface area contributed by atoms with E-state index < -0.39 is 17.9 Å². The normalized spacial score (nSPS) is 14.8. The van der Waals surface area contributed by atoms with Crippen molar-refractivity contribution >= 4 is 35.6 Å². The van der Waals surface area contributed by atoms with Crippen LogP contribution in [0.4, 0.5) is 4.79 Å². The van der Waals surface area contributed by atoms with E-state index in [2.05, 4.69) is 5.32 Å². The molecule has 0 saturated carbocycles. The lowest BCUT2D eigenvalue weighted by molar-refractivity contribution is -0.121. The number of urea groups is 1. The Morgan fingerprint density at radius 2 is 1.90 bits per heavy atom. The Balaban J connectivity index is 1.84. The molecule has 0 aliphatic carbocycles. The molecule has 1 saturated heterocycles. The Kier molecular flexibility index (Phi) is 6.27. The first-order chi connectivity index (χ1) is 14.3. The van der Waals surface area contributed by atoms with E-state index in [0.29, 0.717) is 23.7 Å². The van der Waals surface area contributed by atoms with Crippen molar-refractivity contribution in [3.05, 3.63) is 63.8 Å². The van der Waals surface area contributed by atoms with Crippen molar-refractivity contribution in [3.8, 4) is 11.5 Å². The molecule has 2 N–H and O–H groups in total. The van der Waals surface area contributed by atoms with Crippen molar-refractivity contribution in [3.63, 3.8) is 0 Å². The maximum Gasteiger partial charge on any atom is 0.335 e. The molecule has 2 aromatic rings. The van der Waals surface area contributed by atoms with Crippen LogP contribution < -0.4 is 14.8 Å². The van der Waals surface area contributed by atoms with Gasteiger partial charge in [-0.25, -0.2) is 9.59 Å². The van der Waals surface area contributed by atoms with E-state index >= 15 is 0 Å². The second-order valence-corrected chi connectivity index (χ2v) is 6.81. The number of hydrogen-bond donors (Lipinski definition) is 2. The number of likely N-dealkylation sites (N-methyl/N-ethyl adjacent to an activating group) is 1. The molecule has 1 aliphatic heterocycles. The molecule has 3 rings (SSSR count). The van der Waals surface area contributed by atoms with E-state index in [1.54, 1.807) is 24.3 Å². The summed E-state index contributed by atoms with van der Waals surface area (Å²) in [5.74, 6) is -0.748. The predicted molar refractivity (Wildman–Crippen MR) is 110 cm³/mol. The van der Waals surface area contributed by atoms with E-state index in [1.807, 2.05) is 6.92 Å². The van der Waals surface area contributed by atoms with Gasteiger partial charge in [-0.15, -0.1) is 0 Å². The fourth-order valence-electron chi connectivity index (χ4n) is 2.76. The average Bonchev–Trinajstić information content (AvgIpc) is 2.94. The Bertz CT molecular complexity index is 1030. The fraction of sp³-hybridized carbons (Fsp3) is 0.190. The average molecular weight is 431 g/mol. The molecule has 0 unspecified atom stereocenters. The van der Waals surface area contributed by atoms with Gasteiger partial charge >= 0.3 is 12.0 Å². The number of rotatable bonds is 7. The van der Waals surface area contributed by atoms with Crippen molar-refractivity contribution < 1.29 is 29.0 Å². The summed E-state index contributed by atoms with van der Waals surface area (Å²) in [6.45, 7) is 2.32. The molecule has 30 heavy (non-hydrogen) atoms. The summed E-state index contributed by atoms with van der Waals surface area (Å²) < 4.78 is 11.4. The topological polar surface area (TPSA) is 105 Å². The van der Waals surface area contributed by atoms with E-state index in [1.165, 1.54) is 25.3 Å². The minimum Gasteiger partial charge on any atom is -0.490 e. The molecular formula is C21H19ClN2O6. The van der Waals surface area contributed by atoms with Crippen molar-refractivity contribution in [1.82, 2.24) is 10.2 Å². The standard InChI is InChI=1S/C21H19ClN2O6/c1-3-29-17-10-13(9-16-19(25)24(2)21(28)23-16)8-15(22)18(17)30-11-12-4-6-14(7-5-12)20(26)27/h4-10H,3,11H2,1-2H3,(H,23,28)(H,26,27)/b16-9+. The second-order valence-electron chi connectivity index (χ2n) is 6.41. The fourth-order valence-corrected chi connectivity index (χ4v) is 3.04. The molecule has 0 spiro atoms. The number of hydrogen-bond acceptors (Lipinski definition) is 5. The van der Waals surface area contributed by atoms with E-state index in [9.17, 15) is 14.4 Å². The van der Waals surface area contributed by atoms with Crippen LogP contribution in [0, 0.1) is 0 Å². The zero-order valence-corrected chi connectivity index (χ0v) is 17.0. The maximum absolute atomic E-state index is 12.1. The molecule has 3 amide bonds. The Hall–Kier alpha value is -3.52. The van der Waals surface area contributed by atoms with Crippen LogP contribution >= 0.6 is 11.6 Å². The number of nitrogens with zero attached hydrogens (tertiary/aromatic N) is 1. The number of imide groups is 1. The first kappa shape index (κ1) is 21.2. The van der Waals surface area contributed by atoms with E-state index in [0.717, 1.165) is 10.5 Å². The highest BCUT2D eigenvalue weighted by Gasteiger charge is 2.30. The largest absolute Gasteiger partial charge is 0.490 e. The van der Waals surface area contributed by atoms with Crippen molar-refractivity contribution in [2.75, 3.05) is 13.7 Å². The Labute approximate surface area is 177 Å². The molecule has 1 fully saturated rings. The number of nitrogens with one attached hydrogen (secondary N) is 1. The van der Waals surface area contributed by atoms with Crippen LogP contribution in [0.3, 0.4) is 0 Å². The highest BCUT2D eigenvalue weighted by atomic mass is 35.5. The van der Waals surface area contributed by atoms with Gasteiger partial charge in [-0.05, 0) is 48.4 Å². The molecule has 0 aromatic heterocycles. The predicted octanol–water partition coefficient (Wildman–Crippen LogP) is 3.54. The minimum atomic E-state index is -1.00. The zero-order chi connectivity index (χ0) is 21.8. The highest BCUT2D eigenvalue weighted by Crippen LogP contribution is 2.38. The summed E-state index contributed by atoms with van der Waals surface area (Å²) in [5, 5.41) is 11.7. The molecule has 9 heteroatoms. The monoisotopic (exact) mass is 430 g/mol. The number of carbonyl (C=O) groups is 3. The maximum atomic E-state index is 12.1. The first-order valence-corrected chi connectivity index (χ1v) is 9.40. The molecular weight excluding hydrogens is 412 g/mol. The summed E-state index contributed by atoms with van der Waals surface area (Å²) in [4.78, 5) is 35.6. The van der Waals surface area contributed by atoms with Crippen LogP contribution in [0.15, 0.2) is 42.1 Å². The van der Waals surface area contributed by atoms with Crippen molar-refractivity contribution in [2.24, 2.45) is 0 Å². The van der Waals surface area contributed by atoms with Crippen LogP contribution in [0.5, 0.6) is 11.5 Å². The number of halogens is 1. The van der Waals surface area contributed by atoms with E-state index in [-0.39, 0.29) is 22.9 Å². The molecule has 0 bridgehead atoms. The highest BCUT2D eigenvalue weighted by molar-refractivity contribution is 6.32. The van der Waals surface area contributed by atoms with Crippen LogP contribution in [0.25, 0.3) is 6.08 Å². The SMILES string of the molecule is CCOc1cc(/C=C2/NC(=O)N(C)C2=O)cc(Cl)c1OCc1ccc(C(=O)O)cc1. The Morgan fingerprint density at radius 3 is 2.47 bits per heavy atom. The number of carboxylic acid groups (broad SMARTS) is 1. The number of ether oxygens (including phenoxy) is 2. The van der Waals surface area contributed by atoms with Gasteiger partial charge in [0.05, 0.1) is 17.2 Å². The van der Waals surface area contributed by atoms with Gasteiger partial charge in [0.15, 0.2) is 11.5 Å². The lowest BCUT2D eigenvalue weighted by atomic mass is 10.1. The third kappa shape index (κ3) is 4.55. The van der Waals surface area contributed by atoms with Gasteiger partial charge in [-0.2, -0.15) is 0 Å². The lowest BCUT2D eigenvalue weighted by Gasteiger charge is -2.15. The third-order valence-electron chi connectivity index (χ3n) is 4.31. The summed E-state index contributed by atoms with van der Waals surface area (Å²) in [6.07, 6.45) is 1.51. The van der Waals surface area contributed by atoms with Crippen molar-refractivity contribution in [2.45, 2.75) is 13.5 Å². The number of amides is 3. The quantitative estimate of drug-likeness (QED) is 0.514. The Morgan fingerprint density at radius 1 is 1.20 bits per heavy atom. The van der Waals surface area contributed by atoms with Gasteiger partial charge in [-0.3, -0.25) is 9.69 Å². The number of carbonyl (C=O) groups excluding carboxylic acids is 2. The van der Waals surface area contributed by atoms with Gasteiger partial charge in [0, 0.05) is 7.05 Å². The minimum absolute atomic E-state index is 0.133. The van der Waals surface area contributed by atoms with Crippen LogP contribution in [0.1, 0.15) is 28.4 Å². The summed E-state index contributed by atoms with van der Waals surface area (Å²) in [6, 6.07) is 9.04. The third-order valence-corrected chi connectivity index (χ3v) is 4.59. The van der Waals surface area contributed by atoms with Gasteiger partial charge in [-0.1, -0.05) is 23.7 Å². The zero-order valence-electron chi connectivity index (χ0n) is 16.3. The first-order valence-electron chi connectivity index (χ1n) is 9.02. The van der Waals surface area contributed by atoms with Crippen LogP contribution in [-0.2, 0) is 11.4 Å². The molecule has 156 valence electrons. The van der Waals surface area contributed by atoms with Gasteiger partial charge in [0.1, 0.15) is 12.3 Å². The second kappa shape index (κ2) is 8.87. The van der Waals surface area contributed by atoms with Gasteiger partial charge < -0.3 is 19.9 Å². The number of aromatic carboxylic acids is 1. The van der Waals surface area contributed by atoms with Gasteiger partial charge in [0.2, 0.25) is 0 Å². The van der Waals surface area contributed by atoms with Gasteiger partial charge in [0.25, 0.3) is 5.91 Å². The van der Waals surface area contributed by atoms with Crippen molar-refractivity contribution in [1.29, 1.82) is 0 Å². The lowest BCUT2D eigenvalue weighted by Crippen LogP contribution is -2.25. The smallest absolute Gasteiger partial charge is 0.335 e. The summed E-state index contributed by atoms with van der Waals surface area (Å²) in [5.41, 5.74) is 1.63. The molecule has 0 atom stereocenters. The number of carboxylic acids is 1. The molecule has 0 radical (unpaired) electrons. The molecule has 8 nitrogen and oxygen atoms in total. The number of benzene rings is 2. The molecule has 1 heterocycles. The van der Waals surface area contributed by atoms with Crippen LogP contribution in [0.2, 0.25) is 5.02 Å². The summed E-state index contributed by atoms with van der Waals surface area (Å²) in [7, 11) is 1.39. The molecule has 1 aliphatic rings. The summed E-state index contributed by atoms with van der Waals surface area (Å²) >= 11 is 6.39. The van der Waals surface area contributed by atoms with Crippen LogP contribution in [-0.4, -0.2) is 41.6 Å². The van der Waals surface area contributed by atoms with E-state index in [4.69, 9.17) is 26.2 Å².